The maximum absolute atomic E-state index is 14.1. The normalized spacial score (nSPS) is 12.2. The molecule has 0 saturated heterocycles. The number of para-hydroxylation sites is 2. The second-order valence-electron chi connectivity index (χ2n) is 8.00. The molecule has 0 bridgehead atoms. The molecular formula is C24H29FN4O2. The SMILES string of the molecule is CCn1c(C(C)N(CCC(C)C)C(=O)Nc2ccccc2F)nc2ccccc2c1=O. The lowest BCUT2D eigenvalue weighted by atomic mass is 10.1. The van der Waals surface area contributed by atoms with Gasteiger partial charge in [0.05, 0.1) is 22.6 Å². The van der Waals surface area contributed by atoms with E-state index in [1.807, 2.05) is 26.0 Å². The van der Waals surface area contributed by atoms with Crippen molar-refractivity contribution in [1.82, 2.24) is 14.5 Å². The number of rotatable bonds is 7. The van der Waals surface area contributed by atoms with E-state index in [0.717, 1.165) is 6.42 Å². The van der Waals surface area contributed by atoms with Gasteiger partial charge in [0.2, 0.25) is 0 Å². The monoisotopic (exact) mass is 424 g/mol. The van der Waals surface area contributed by atoms with Crippen LogP contribution in [-0.2, 0) is 6.54 Å². The number of carbonyl (C=O) groups is 1. The van der Waals surface area contributed by atoms with Gasteiger partial charge in [-0.25, -0.2) is 14.2 Å². The zero-order valence-electron chi connectivity index (χ0n) is 18.4. The van der Waals surface area contributed by atoms with Gasteiger partial charge in [-0.05, 0) is 50.5 Å². The third kappa shape index (κ3) is 4.93. The summed E-state index contributed by atoms with van der Waals surface area (Å²) in [6.45, 7) is 8.77. The molecule has 0 aliphatic rings. The molecule has 1 heterocycles. The van der Waals surface area contributed by atoms with Crippen LogP contribution in [0.5, 0.6) is 0 Å². The third-order valence-corrected chi connectivity index (χ3v) is 5.37. The van der Waals surface area contributed by atoms with Gasteiger partial charge in [-0.2, -0.15) is 0 Å². The van der Waals surface area contributed by atoms with Crippen molar-refractivity contribution in [3.8, 4) is 0 Å². The highest BCUT2D eigenvalue weighted by Gasteiger charge is 2.26. The minimum Gasteiger partial charge on any atom is -0.315 e. The van der Waals surface area contributed by atoms with Crippen molar-refractivity contribution in [2.75, 3.05) is 11.9 Å². The first-order chi connectivity index (χ1) is 14.8. The number of benzene rings is 2. The number of hydrogen-bond acceptors (Lipinski definition) is 3. The van der Waals surface area contributed by atoms with Gasteiger partial charge < -0.3 is 10.2 Å². The maximum atomic E-state index is 14.1. The predicted molar refractivity (Wildman–Crippen MR) is 122 cm³/mol. The Kier molecular flexibility index (Phi) is 7.05. The Balaban J connectivity index is 2.02. The molecule has 0 saturated carbocycles. The number of nitrogens with one attached hydrogen (secondary N) is 1. The van der Waals surface area contributed by atoms with Crippen molar-refractivity contribution >= 4 is 22.6 Å². The van der Waals surface area contributed by atoms with Crippen molar-refractivity contribution in [3.05, 3.63) is 70.5 Å². The molecule has 31 heavy (non-hydrogen) atoms. The molecule has 3 rings (SSSR count). The smallest absolute Gasteiger partial charge is 0.315 e. The van der Waals surface area contributed by atoms with Crippen LogP contribution < -0.4 is 10.9 Å². The molecule has 2 amide bonds. The lowest BCUT2D eigenvalue weighted by Crippen LogP contribution is -2.41. The van der Waals surface area contributed by atoms with E-state index in [1.54, 1.807) is 33.7 Å². The molecule has 1 unspecified atom stereocenters. The maximum Gasteiger partial charge on any atom is 0.322 e. The fourth-order valence-electron chi connectivity index (χ4n) is 3.57. The lowest BCUT2D eigenvalue weighted by Gasteiger charge is -2.31. The van der Waals surface area contributed by atoms with E-state index in [1.165, 1.54) is 12.1 Å². The van der Waals surface area contributed by atoms with E-state index in [9.17, 15) is 14.0 Å². The van der Waals surface area contributed by atoms with Crippen molar-refractivity contribution in [3.63, 3.8) is 0 Å². The Labute approximate surface area is 181 Å². The molecule has 0 radical (unpaired) electrons. The highest BCUT2D eigenvalue weighted by atomic mass is 19.1. The second kappa shape index (κ2) is 9.73. The number of anilines is 1. The number of carbonyl (C=O) groups excluding carboxylic acids is 1. The van der Waals surface area contributed by atoms with Crippen LogP contribution in [0, 0.1) is 11.7 Å². The first-order valence-electron chi connectivity index (χ1n) is 10.6. The Hall–Kier alpha value is -3.22. The number of hydrogen-bond donors (Lipinski definition) is 1. The quantitative estimate of drug-likeness (QED) is 0.567. The average molecular weight is 425 g/mol. The fourth-order valence-corrected chi connectivity index (χ4v) is 3.57. The number of halogens is 1. The first-order valence-corrected chi connectivity index (χ1v) is 10.6. The topological polar surface area (TPSA) is 67.2 Å². The van der Waals surface area contributed by atoms with Crippen LogP contribution in [0.15, 0.2) is 53.3 Å². The van der Waals surface area contributed by atoms with Gasteiger partial charge in [0, 0.05) is 13.1 Å². The summed E-state index contributed by atoms with van der Waals surface area (Å²) in [5, 5.41) is 3.22. The number of amides is 2. The Morgan fingerprint density at radius 2 is 1.81 bits per heavy atom. The van der Waals surface area contributed by atoms with Crippen molar-refractivity contribution in [1.29, 1.82) is 0 Å². The van der Waals surface area contributed by atoms with Crippen LogP contribution in [0.1, 0.15) is 46.0 Å². The van der Waals surface area contributed by atoms with Crippen LogP contribution in [0.25, 0.3) is 10.9 Å². The number of fused-ring (bicyclic) bond motifs is 1. The van der Waals surface area contributed by atoms with Gasteiger partial charge in [0.15, 0.2) is 0 Å². The minimum absolute atomic E-state index is 0.119. The summed E-state index contributed by atoms with van der Waals surface area (Å²) < 4.78 is 15.7. The molecule has 0 aliphatic carbocycles. The van der Waals surface area contributed by atoms with E-state index >= 15 is 0 Å². The molecule has 1 N–H and O–H groups in total. The zero-order chi connectivity index (χ0) is 22.5. The molecular weight excluding hydrogens is 395 g/mol. The average Bonchev–Trinajstić information content (AvgIpc) is 2.75. The Morgan fingerprint density at radius 3 is 2.48 bits per heavy atom. The zero-order valence-corrected chi connectivity index (χ0v) is 18.4. The highest BCUT2D eigenvalue weighted by Crippen LogP contribution is 2.23. The Morgan fingerprint density at radius 1 is 1.13 bits per heavy atom. The summed E-state index contributed by atoms with van der Waals surface area (Å²) in [6, 6.07) is 12.4. The van der Waals surface area contributed by atoms with E-state index < -0.39 is 17.9 Å². The number of urea groups is 1. The van der Waals surface area contributed by atoms with Crippen molar-refractivity contribution in [2.45, 2.75) is 46.7 Å². The van der Waals surface area contributed by atoms with E-state index in [4.69, 9.17) is 4.98 Å². The largest absolute Gasteiger partial charge is 0.322 e. The standard InChI is InChI=1S/C24H29FN4O2/c1-5-28-22(26-20-12-8-6-10-18(20)23(28)30)17(4)29(15-14-16(2)3)24(31)27-21-13-9-7-11-19(21)25/h6-13,16-17H,5,14-15H2,1-4H3,(H,27,31). The molecule has 0 fully saturated rings. The van der Waals surface area contributed by atoms with Gasteiger partial charge in [0.1, 0.15) is 11.6 Å². The number of nitrogens with zero attached hydrogens (tertiary/aromatic N) is 3. The molecule has 3 aromatic rings. The third-order valence-electron chi connectivity index (χ3n) is 5.37. The molecule has 7 heteroatoms. The number of aromatic nitrogens is 2. The lowest BCUT2D eigenvalue weighted by molar-refractivity contribution is 0.184. The summed E-state index contributed by atoms with van der Waals surface area (Å²) in [7, 11) is 0. The molecule has 1 aromatic heterocycles. The summed E-state index contributed by atoms with van der Waals surface area (Å²) >= 11 is 0. The summed E-state index contributed by atoms with van der Waals surface area (Å²) in [4.78, 5) is 32.6. The van der Waals surface area contributed by atoms with Gasteiger partial charge in [0.25, 0.3) is 5.56 Å². The van der Waals surface area contributed by atoms with Gasteiger partial charge in [-0.3, -0.25) is 9.36 Å². The summed E-state index contributed by atoms with van der Waals surface area (Å²) in [6.07, 6.45) is 0.763. The fraction of sp³-hybridized carbons (Fsp3) is 0.375. The van der Waals surface area contributed by atoms with Crippen molar-refractivity contribution in [2.24, 2.45) is 5.92 Å². The molecule has 164 valence electrons. The van der Waals surface area contributed by atoms with E-state index in [0.29, 0.717) is 35.7 Å². The second-order valence-corrected chi connectivity index (χ2v) is 8.00. The van der Waals surface area contributed by atoms with Crippen LogP contribution in [0.2, 0.25) is 0 Å². The molecule has 6 nitrogen and oxygen atoms in total. The van der Waals surface area contributed by atoms with Gasteiger partial charge in [-0.1, -0.05) is 38.1 Å². The molecule has 1 atom stereocenters. The highest BCUT2D eigenvalue weighted by molar-refractivity contribution is 5.89. The van der Waals surface area contributed by atoms with Crippen LogP contribution in [0.4, 0.5) is 14.9 Å². The summed E-state index contributed by atoms with van der Waals surface area (Å²) in [5.41, 5.74) is 0.583. The first kappa shape index (κ1) is 22.5. The van der Waals surface area contributed by atoms with Crippen LogP contribution in [0.3, 0.4) is 0 Å². The predicted octanol–water partition coefficient (Wildman–Crippen LogP) is 5.20. The van der Waals surface area contributed by atoms with Crippen molar-refractivity contribution < 1.29 is 9.18 Å². The minimum atomic E-state index is -0.499. The van der Waals surface area contributed by atoms with E-state index in [-0.39, 0.29) is 11.2 Å². The van der Waals surface area contributed by atoms with Crippen LogP contribution in [-0.4, -0.2) is 27.0 Å². The molecule has 0 spiro atoms. The van der Waals surface area contributed by atoms with Gasteiger partial charge >= 0.3 is 6.03 Å². The van der Waals surface area contributed by atoms with E-state index in [2.05, 4.69) is 19.2 Å². The molecule has 0 aliphatic heterocycles. The Bertz CT molecular complexity index is 1130. The van der Waals surface area contributed by atoms with Gasteiger partial charge in [-0.15, -0.1) is 0 Å². The van der Waals surface area contributed by atoms with Crippen LogP contribution >= 0.6 is 0 Å². The summed E-state index contributed by atoms with van der Waals surface area (Å²) in [5.74, 6) is 0.383. The molecule has 2 aromatic carbocycles.